The number of hydrogen-bond acceptors (Lipinski definition) is 6. The van der Waals surface area contributed by atoms with Crippen molar-refractivity contribution in [2.24, 2.45) is 11.3 Å². The van der Waals surface area contributed by atoms with Gasteiger partial charge in [-0.25, -0.2) is 0 Å². The van der Waals surface area contributed by atoms with Crippen molar-refractivity contribution in [2.45, 2.75) is 84.4 Å². The van der Waals surface area contributed by atoms with Gasteiger partial charge in [0, 0.05) is 23.1 Å². The van der Waals surface area contributed by atoms with Gasteiger partial charge in [0.2, 0.25) is 0 Å². The summed E-state index contributed by atoms with van der Waals surface area (Å²) in [6.07, 6.45) is 6.25. The van der Waals surface area contributed by atoms with Crippen LogP contribution in [0.3, 0.4) is 0 Å². The molecule has 0 amide bonds. The molecule has 1 aliphatic carbocycles. The van der Waals surface area contributed by atoms with E-state index >= 15 is 0 Å². The maximum Gasteiger partial charge on any atom is 0.573 e. The zero-order valence-electron chi connectivity index (χ0n) is 22.1. The number of fused-ring (bicyclic) bond motifs is 3. The van der Waals surface area contributed by atoms with Gasteiger partial charge in [0.15, 0.2) is 23.0 Å². The highest BCUT2D eigenvalue weighted by Gasteiger charge is 2.38. The number of aryl methyl sites for hydroxylation is 1. The number of anilines is 1. The first-order chi connectivity index (χ1) is 18.3. The Morgan fingerprint density at radius 3 is 2.58 bits per heavy atom. The van der Waals surface area contributed by atoms with E-state index in [0.717, 1.165) is 69.2 Å². The predicted octanol–water partition coefficient (Wildman–Crippen LogP) is 7.20. The molecule has 2 aliphatic rings. The molecule has 3 aromatic rings. The summed E-state index contributed by atoms with van der Waals surface area (Å²) in [5, 5.41) is 17.2. The first kappa shape index (κ1) is 26.6. The molecule has 0 radical (unpaired) electrons. The van der Waals surface area contributed by atoms with Crippen molar-refractivity contribution >= 4 is 11.5 Å². The van der Waals surface area contributed by atoms with E-state index in [2.05, 4.69) is 34.1 Å². The molecular formula is C28H36F3N5O2. The van der Waals surface area contributed by atoms with Crippen molar-refractivity contribution in [1.29, 1.82) is 0 Å². The maximum absolute atomic E-state index is 12.8. The second kappa shape index (κ2) is 11.0. The van der Waals surface area contributed by atoms with E-state index in [9.17, 15) is 13.2 Å². The monoisotopic (exact) mass is 531 g/mol. The van der Waals surface area contributed by atoms with Crippen molar-refractivity contribution in [1.82, 2.24) is 19.8 Å². The standard InChI is InChI=1S/C28H36F3N5O2/c1-3-8-19(9-4-2)17-32-24-23-22(12-15-27(18-37-23)13-5-6-14-27)26-34-33-25(36(26)35-24)20-10-7-11-21(16-20)38-28(29,30)31/h7,10-11,16,19H,3-6,8-9,12-15,17-18H2,1-2H3,(H,32,35). The molecule has 38 heavy (non-hydrogen) atoms. The van der Waals surface area contributed by atoms with Crippen LogP contribution in [0.5, 0.6) is 11.5 Å². The lowest BCUT2D eigenvalue weighted by Crippen LogP contribution is -2.24. The van der Waals surface area contributed by atoms with Gasteiger partial charge in [-0.05, 0) is 56.6 Å². The van der Waals surface area contributed by atoms with Crippen molar-refractivity contribution in [3.8, 4) is 22.9 Å². The summed E-state index contributed by atoms with van der Waals surface area (Å²) in [5.41, 5.74) is 2.15. The summed E-state index contributed by atoms with van der Waals surface area (Å²) in [5.74, 6) is 1.94. The smallest absolute Gasteiger partial charge is 0.489 e. The van der Waals surface area contributed by atoms with Crippen molar-refractivity contribution < 1.29 is 22.6 Å². The fourth-order valence-electron chi connectivity index (χ4n) is 6.07. The molecule has 10 heteroatoms. The molecule has 7 nitrogen and oxygen atoms in total. The molecular weight excluding hydrogens is 495 g/mol. The van der Waals surface area contributed by atoms with Gasteiger partial charge >= 0.3 is 6.36 Å². The summed E-state index contributed by atoms with van der Waals surface area (Å²) in [6.45, 7) is 5.83. The minimum Gasteiger partial charge on any atom is -0.489 e. The number of aromatic nitrogens is 4. The molecule has 1 spiro atoms. The Balaban J connectivity index is 1.55. The maximum atomic E-state index is 12.8. The van der Waals surface area contributed by atoms with Gasteiger partial charge in [-0.1, -0.05) is 51.7 Å². The summed E-state index contributed by atoms with van der Waals surface area (Å²) < 4.78 is 50.8. The van der Waals surface area contributed by atoms with Crippen molar-refractivity contribution in [3.05, 3.63) is 29.8 Å². The molecule has 206 valence electrons. The quantitative estimate of drug-likeness (QED) is 0.315. The SMILES string of the molecule is CCCC(CCC)CNc1nn2c(-c3cccc(OC(F)(F)F)c3)nnc2c2c1OCC1(CCCC1)CC2. The van der Waals surface area contributed by atoms with E-state index in [1.165, 1.54) is 31.0 Å². The summed E-state index contributed by atoms with van der Waals surface area (Å²) in [7, 11) is 0. The molecule has 0 atom stereocenters. The van der Waals surface area contributed by atoms with Gasteiger partial charge in [-0.15, -0.1) is 28.5 Å². The van der Waals surface area contributed by atoms with Crippen molar-refractivity contribution in [2.75, 3.05) is 18.5 Å². The first-order valence-corrected chi connectivity index (χ1v) is 13.8. The van der Waals surface area contributed by atoms with E-state index in [0.29, 0.717) is 35.4 Å². The van der Waals surface area contributed by atoms with Crippen LogP contribution in [-0.2, 0) is 6.42 Å². The number of halogens is 3. The second-order valence-corrected chi connectivity index (χ2v) is 10.8. The Morgan fingerprint density at radius 2 is 1.87 bits per heavy atom. The average molecular weight is 532 g/mol. The van der Waals surface area contributed by atoms with Gasteiger partial charge in [-0.2, -0.15) is 4.52 Å². The van der Waals surface area contributed by atoms with Crippen LogP contribution < -0.4 is 14.8 Å². The van der Waals surface area contributed by atoms with Crippen LogP contribution in [0.1, 0.15) is 77.2 Å². The third-order valence-electron chi connectivity index (χ3n) is 7.97. The van der Waals surface area contributed by atoms with E-state index in [1.54, 1.807) is 10.6 Å². The Kier molecular flexibility index (Phi) is 7.68. The van der Waals surface area contributed by atoms with E-state index in [1.807, 2.05) is 0 Å². The third-order valence-corrected chi connectivity index (χ3v) is 7.97. The largest absolute Gasteiger partial charge is 0.573 e. The normalized spacial score (nSPS) is 17.0. The molecule has 2 aromatic heterocycles. The number of hydrogen-bond donors (Lipinski definition) is 1. The number of nitrogens with one attached hydrogen (secondary N) is 1. The van der Waals surface area contributed by atoms with Crippen LogP contribution in [0, 0.1) is 11.3 Å². The first-order valence-electron chi connectivity index (χ1n) is 13.8. The van der Waals surface area contributed by atoms with Gasteiger partial charge in [-0.3, -0.25) is 0 Å². The van der Waals surface area contributed by atoms with Crippen LogP contribution in [0.15, 0.2) is 24.3 Å². The van der Waals surface area contributed by atoms with Crippen LogP contribution in [0.2, 0.25) is 0 Å². The van der Waals surface area contributed by atoms with E-state index < -0.39 is 6.36 Å². The molecule has 5 rings (SSSR count). The Morgan fingerprint density at radius 1 is 1.11 bits per heavy atom. The van der Waals surface area contributed by atoms with Crippen LogP contribution in [-0.4, -0.2) is 39.3 Å². The molecule has 0 bridgehead atoms. The van der Waals surface area contributed by atoms with Crippen molar-refractivity contribution in [3.63, 3.8) is 0 Å². The zero-order chi connectivity index (χ0) is 26.8. The highest BCUT2D eigenvalue weighted by molar-refractivity contribution is 5.68. The van der Waals surface area contributed by atoms with Gasteiger partial charge in [0.05, 0.1) is 6.61 Å². The lowest BCUT2D eigenvalue weighted by molar-refractivity contribution is -0.274. The highest BCUT2D eigenvalue weighted by Crippen LogP contribution is 2.47. The third kappa shape index (κ3) is 5.68. The van der Waals surface area contributed by atoms with Gasteiger partial charge in [0.25, 0.3) is 0 Å². The van der Waals surface area contributed by atoms with Gasteiger partial charge in [0.1, 0.15) is 5.75 Å². The number of benzene rings is 1. The fourth-order valence-corrected chi connectivity index (χ4v) is 6.07. The summed E-state index contributed by atoms with van der Waals surface area (Å²) in [4.78, 5) is 0. The molecule has 1 aliphatic heterocycles. The number of ether oxygens (including phenoxy) is 2. The average Bonchev–Trinajstić information content (AvgIpc) is 3.47. The van der Waals surface area contributed by atoms with Crippen LogP contribution >= 0.6 is 0 Å². The Labute approximate surface area is 221 Å². The number of alkyl halides is 3. The minimum absolute atomic E-state index is 0.173. The second-order valence-electron chi connectivity index (χ2n) is 10.8. The Hall–Kier alpha value is -3.04. The lowest BCUT2D eigenvalue weighted by atomic mass is 9.82. The molecule has 1 aromatic carbocycles. The highest BCUT2D eigenvalue weighted by atomic mass is 19.4. The molecule has 1 saturated carbocycles. The molecule has 0 unspecified atom stereocenters. The zero-order valence-corrected chi connectivity index (χ0v) is 22.1. The van der Waals surface area contributed by atoms with Crippen LogP contribution in [0.25, 0.3) is 17.0 Å². The molecule has 1 fully saturated rings. The number of rotatable bonds is 9. The Bertz CT molecular complexity index is 1250. The van der Waals surface area contributed by atoms with E-state index in [4.69, 9.17) is 9.84 Å². The fraction of sp³-hybridized carbons (Fsp3) is 0.607. The molecule has 3 heterocycles. The van der Waals surface area contributed by atoms with E-state index in [-0.39, 0.29) is 11.2 Å². The van der Waals surface area contributed by atoms with Gasteiger partial charge < -0.3 is 14.8 Å². The minimum atomic E-state index is -4.78. The van der Waals surface area contributed by atoms with Crippen LogP contribution in [0.4, 0.5) is 19.0 Å². The summed E-state index contributed by atoms with van der Waals surface area (Å²) in [6, 6.07) is 5.77. The molecule has 0 saturated heterocycles. The topological polar surface area (TPSA) is 73.6 Å². The molecule has 1 N–H and O–H groups in total. The summed E-state index contributed by atoms with van der Waals surface area (Å²) >= 11 is 0. The predicted molar refractivity (Wildman–Crippen MR) is 139 cm³/mol. The number of nitrogens with zero attached hydrogens (tertiary/aromatic N) is 4. The lowest BCUT2D eigenvalue weighted by Gasteiger charge is -2.26.